The maximum Gasteiger partial charge on any atom is 0.178 e. The van der Waals surface area contributed by atoms with Crippen LogP contribution in [-0.4, -0.2) is 16.7 Å². The van der Waals surface area contributed by atoms with E-state index in [4.69, 9.17) is 11.6 Å². The summed E-state index contributed by atoms with van der Waals surface area (Å²) in [4.78, 5) is 24.2. The van der Waals surface area contributed by atoms with E-state index in [-0.39, 0.29) is 28.8 Å². The number of carbonyl (C=O) groups is 2. The number of hydrogen-bond acceptors (Lipinski definition) is 3. The summed E-state index contributed by atoms with van der Waals surface area (Å²) < 4.78 is 0. The van der Waals surface area contributed by atoms with Gasteiger partial charge >= 0.3 is 0 Å². The Bertz CT molecular complexity index is 589. The number of phenols is 1. The summed E-state index contributed by atoms with van der Waals surface area (Å²) in [5.41, 5.74) is 0.901. The monoisotopic (exact) mass is 262 g/mol. The molecule has 0 fully saturated rings. The second-order valence-electron chi connectivity index (χ2n) is 4.77. The van der Waals surface area contributed by atoms with Gasteiger partial charge in [0.15, 0.2) is 11.6 Å². The quantitative estimate of drug-likeness (QED) is 0.731. The van der Waals surface area contributed by atoms with Gasteiger partial charge in [0, 0.05) is 5.02 Å². The van der Waals surface area contributed by atoms with Crippen LogP contribution in [0.25, 0.3) is 0 Å². The number of carbonyl (C=O) groups excluding carboxylic acids is 2. The van der Waals surface area contributed by atoms with E-state index in [1.165, 1.54) is 12.1 Å². The minimum absolute atomic E-state index is 0.0261. The Morgan fingerprint density at radius 1 is 1.28 bits per heavy atom. The molecule has 3 rings (SSSR count). The molecule has 0 saturated carbocycles. The maximum atomic E-state index is 12.4. The molecule has 0 amide bonds. The van der Waals surface area contributed by atoms with Crippen LogP contribution in [0.5, 0.6) is 5.75 Å². The molecule has 0 spiro atoms. The maximum absolute atomic E-state index is 12.4. The summed E-state index contributed by atoms with van der Waals surface area (Å²) in [5.74, 6) is -1.22. The number of Topliss-reactive ketones (excluding diaryl/α,β-unsaturated/α-hetero) is 1. The zero-order chi connectivity index (χ0) is 12.9. The van der Waals surface area contributed by atoms with E-state index in [1.807, 2.05) is 0 Å². The number of halogens is 1. The summed E-state index contributed by atoms with van der Waals surface area (Å²) >= 11 is 6.08. The van der Waals surface area contributed by atoms with Crippen LogP contribution < -0.4 is 0 Å². The predicted octanol–water partition coefficient (Wildman–Crippen LogP) is 2.55. The van der Waals surface area contributed by atoms with Crippen molar-refractivity contribution in [2.75, 3.05) is 0 Å². The number of allylic oxidation sites excluding steroid dienone is 2. The van der Waals surface area contributed by atoms with E-state index >= 15 is 0 Å². The van der Waals surface area contributed by atoms with Gasteiger partial charge in [0.2, 0.25) is 0 Å². The summed E-state index contributed by atoms with van der Waals surface area (Å²) in [6, 6.07) is 2.99. The fourth-order valence-corrected chi connectivity index (χ4v) is 3.11. The lowest BCUT2D eigenvalue weighted by molar-refractivity contribution is -0.118. The molecule has 18 heavy (non-hydrogen) atoms. The van der Waals surface area contributed by atoms with Crippen molar-refractivity contribution in [1.82, 2.24) is 0 Å². The largest absolute Gasteiger partial charge is 0.507 e. The first kappa shape index (κ1) is 11.5. The van der Waals surface area contributed by atoms with Gasteiger partial charge in [-0.15, -0.1) is 0 Å². The number of ketones is 2. The van der Waals surface area contributed by atoms with E-state index in [0.717, 1.165) is 0 Å². The van der Waals surface area contributed by atoms with Crippen LogP contribution >= 0.6 is 11.6 Å². The number of hydrogen-bond donors (Lipinski definition) is 1. The van der Waals surface area contributed by atoms with Gasteiger partial charge in [-0.1, -0.05) is 17.7 Å². The topological polar surface area (TPSA) is 54.4 Å². The van der Waals surface area contributed by atoms with Gasteiger partial charge in [-0.3, -0.25) is 9.59 Å². The second-order valence-corrected chi connectivity index (χ2v) is 5.17. The van der Waals surface area contributed by atoms with Gasteiger partial charge in [-0.25, -0.2) is 0 Å². The highest BCUT2D eigenvalue weighted by atomic mass is 35.5. The zero-order valence-corrected chi connectivity index (χ0v) is 10.3. The molecule has 0 saturated heterocycles. The molecule has 1 N–H and O–H groups in total. The molecule has 2 unspecified atom stereocenters. The van der Waals surface area contributed by atoms with E-state index < -0.39 is 5.92 Å². The van der Waals surface area contributed by atoms with Crippen molar-refractivity contribution in [3.05, 3.63) is 40.4 Å². The predicted molar refractivity (Wildman–Crippen MR) is 66.9 cm³/mol. The summed E-state index contributed by atoms with van der Waals surface area (Å²) in [5, 5.41) is 10.3. The van der Waals surface area contributed by atoms with Gasteiger partial charge in [0.1, 0.15) is 5.75 Å². The van der Waals surface area contributed by atoms with Crippen molar-refractivity contribution in [1.29, 1.82) is 0 Å². The molecule has 2 atom stereocenters. The number of rotatable bonds is 0. The third-order valence-electron chi connectivity index (χ3n) is 3.73. The van der Waals surface area contributed by atoms with Gasteiger partial charge < -0.3 is 5.11 Å². The molecule has 2 aliphatic carbocycles. The lowest BCUT2D eigenvalue weighted by Crippen LogP contribution is -2.38. The molecule has 2 aliphatic rings. The molecule has 92 valence electrons. The molecule has 1 aromatic carbocycles. The van der Waals surface area contributed by atoms with E-state index in [9.17, 15) is 14.7 Å². The Balaban J connectivity index is 2.18. The fourth-order valence-electron chi connectivity index (χ4n) is 2.88. The first-order valence-electron chi connectivity index (χ1n) is 5.84. The van der Waals surface area contributed by atoms with Crippen molar-refractivity contribution in [2.24, 2.45) is 11.8 Å². The Kier molecular flexibility index (Phi) is 2.52. The van der Waals surface area contributed by atoms with Crippen LogP contribution in [0.3, 0.4) is 0 Å². The molecule has 3 nitrogen and oxygen atoms in total. The van der Waals surface area contributed by atoms with E-state index in [2.05, 4.69) is 0 Å². The summed E-state index contributed by atoms with van der Waals surface area (Å²) in [7, 11) is 0. The average Bonchev–Trinajstić information content (AvgIpc) is 2.34. The average molecular weight is 263 g/mol. The Morgan fingerprint density at radius 3 is 2.83 bits per heavy atom. The van der Waals surface area contributed by atoms with Crippen molar-refractivity contribution in [3.8, 4) is 5.75 Å². The number of fused-ring (bicyclic) bond motifs is 2. The fraction of sp³-hybridized carbons (Fsp3) is 0.286. The molecule has 4 heteroatoms. The van der Waals surface area contributed by atoms with Gasteiger partial charge in [-0.2, -0.15) is 0 Å². The Hall–Kier alpha value is -1.61. The number of aromatic hydroxyl groups is 1. The first-order chi connectivity index (χ1) is 8.59. The Morgan fingerprint density at radius 2 is 2.06 bits per heavy atom. The third-order valence-corrected chi connectivity index (χ3v) is 4.08. The minimum Gasteiger partial charge on any atom is -0.507 e. The summed E-state index contributed by atoms with van der Waals surface area (Å²) in [6.45, 7) is 0. The SMILES string of the molecule is O=C1C=CCC2Cc3c(Cl)ccc(O)c3C(=O)C12. The lowest BCUT2D eigenvalue weighted by Gasteiger charge is -2.32. The molecular formula is C14H11ClO3. The Labute approximate surface area is 109 Å². The van der Waals surface area contributed by atoms with Gasteiger partial charge in [0.25, 0.3) is 0 Å². The van der Waals surface area contributed by atoms with Crippen LogP contribution in [0.4, 0.5) is 0 Å². The number of phenolic OH excluding ortho intramolecular Hbond substituents is 1. The van der Waals surface area contributed by atoms with Crippen molar-refractivity contribution in [3.63, 3.8) is 0 Å². The van der Waals surface area contributed by atoms with E-state index in [0.29, 0.717) is 23.4 Å². The second kappa shape index (κ2) is 3.95. The zero-order valence-electron chi connectivity index (χ0n) is 9.52. The normalized spacial score (nSPS) is 25.8. The smallest absolute Gasteiger partial charge is 0.178 e. The first-order valence-corrected chi connectivity index (χ1v) is 6.22. The molecule has 0 bridgehead atoms. The third kappa shape index (κ3) is 1.51. The van der Waals surface area contributed by atoms with Gasteiger partial charge in [-0.05, 0) is 42.5 Å². The van der Waals surface area contributed by atoms with Crippen LogP contribution in [0, 0.1) is 11.8 Å². The highest BCUT2D eigenvalue weighted by Gasteiger charge is 2.42. The molecule has 1 aromatic rings. The molecular weight excluding hydrogens is 252 g/mol. The van der Waals surface area contributed by atoms with Crippen molar-refractivity contribution >= 4 is 23.2 Å². The van der Waals surface area contributed by atoms with Crippen LogP contribution in [-0.2, 0) is 11.2 Å². The molecule has 0 heterocycles. The molecule has 0 radical (unpaired) electrons. The van der Waals surface area contributed by atoms with Crippen LogP contribution in [0.2, 0.25) is 5.02 Å². The highest BCUT2D eigenvalue weighted by Crippen LogP contribution is 2.41. The number of benzene rings is 1. The van der Waals surface area contributed by atoms with Gasteiger partial charge in [0.05, 0.1) is 11.5 Å². The van der Waals surface area contributed by atoms with Crippen LogP contribution in [0.1, 0.15) is 22.3 Å². The van der Waals surface area contributed by atoms with Crippen molar-refractivity contribution in [2.45, 2.75) is 12.8 Å². The van der Waals surface area contributed by atoms with Crippen LogP contribution in [0.15, 0.2) is 24.3 Å². The van der Waals surface area contributed by atoms with Crippen molar-refractivity contribution < 1.29 is 14.7 Å². The minimum atomic E-state index is -0.646. The molecule has 0 aromatic heterocycles. The molecule has 0 aliphatic heterocycles. The highest BCUT2D eigenvalue weighted by molar-refractivity contribution is 6.32. The van der Waals surface area contributed by atoms with E-state index in [1.54, 1.807) is 12.1 Å². The summed E-state index contributed by atoms with van der Waals surface area (Å²) in [6.07, 6.45) is 4.53. The standard InChI is InChI=1S/C14H11ClO3/c15-9-4-5-11(17)13-8(9)6-7-2-1-3-10(16)12(7)14(13)18/h1,3-5,7,12,17H,2,6H2. The lowest BCUT2D eigenvalue weighted by atomic mass is 9.69.